The van der Waals surface area contributed by atoms with E-state index < -0.39 is 11.8 Å². The first-order valence-electron chi connectivity index (χ1n) is 5.31. The lowest BCUT2D eigenvalue weighted by Gasteiger charge is -2.15. The minimum atomic E-state index is -2.58. The van der Waals surface area contributed by atoms with Crippen molar-refractivity contribution < 1.29 is 13.6 Å². The summed E-state index contributed by atoms with van der Waals surface area (Å²) in [5.74, 6) is -3.18. The summed E-state index contributed by atoms with van der Waals surface area (Å²) in [5, 5.41) is 0. The number of aromatic nitrogens is 1. The first kappa shape index (κ1) is 11.9. The highest BCUT2D eigenvalue weighted by Gasteiger charge is 2.37. The van der Waals surface area contributed by atoms with Crippen LogP contribution in [-0.4, -0.2) is 34.8 Å². The van der Waals surface area contributed by atoms with Crippen LogP contribution in [0.3, 0.4) is 0 Å². The zero-order valence-electron chi connectivity index (χ0n) is 9.20. The predicted molar refractivity (Wildman–Crippen MR) is 57.6 cm³/mol. The van der Waals surface area contributed by atoms with E-state index >= 15 is 0 Å². The van der Waals surface area contributed by atoms with Crippen LogP contribution < -0.4 is 5.73 Å². The van der Waals surface area contributed by atoms with Crippen molar-refractivity contribution >= 4 is 5.91 Å². The fraction of sp³-hybridized carbons (Fsp3) is 0.455. The Morgan fingerprint density at radius 2 is 2.29 bits per heavy atom. The van der Waals surface area contributed by atoms with Gasteiger partial charge in [0.25, 0.3) is 11.8 Å². The molecule has 2 N–H and O–H groups in total. The van der Waals surface area contributed by atoms with Crippen molar-refractivity contribution in [3.63, 3.8) is 0 Å². The molecule has 0 unspecified atom stereocenters. The summed E-state index contributed by atoms with van der Waals surface area (Å²) < 4.78 is 25.9. The highest BCUT2D eigenvalue weighted by atomic mass is 19.3. The van der Waals surface area contributed by atoms with Gasteiger partial charge in [-0.2, -0.15) is 0 Å². The van der Waals surface area contributed by atoms with Crippen LogP contribution in [0.1, 0.15) is 22.5 Å². The van der Waals surface area contributed by atoms with Crippen LogP contribution in [0.4, 0.5) is 8.78 Å². The number of nitrogens with zero attached hydrogens (tertiary/aromatic N) is 2. The van der Waals surface area contributed by atoms with Gasteiger partial charge in [-0.05, 0) is 11.6 Å². The monoisotopic (exact) mass is 241 g/mol. The number of hydrogen-bond donors (Lipinski definition) is 1. The van der Waals surface area contributed by atoms with Crippen molar-refractivity contribution in [3.8, 4) is 0 Å². The molecule has 2 rings (SSSR count). The van der Waals surface area contributed by atoms with Gasteiger partial charge in [0.2, 0.25) is 0 Å². The summed E-state index contributed by atoms with van der Waals surface area (Å²) in [4.78, 5) is 16.3. The first-order valence-corrected chi connectivity index (χ1v) is 5.31. The van der Waals surface area contributed by atoms with E-state index in [0.717, 1.165) is 5.56 Å². The summed E-state index contributed by atoms with van der Waals surface area (Å²) in [7, 11) is 0. The van der Waals surface area contributed by atoms with E-state index in [4.69, 9.17) is 5.73 Å². The topological polar surface area (TPSA) is 59.2 Å². The van der Waals surface area contributed by atoms with E-state index in [1.54, 1.807) is 11.0 Å². The van der Waals surface area contributed by atoms with Crippen molar-refractivity contribution in [1.29, 1.82) is 0 Å². The summed E-state index contributed by atoms with van der Waals surface area (Å²) in [6.07, 6.45) is 1.40. The number of halogens is 2. The Morgan fingerprint density at radius 3 is 2.76 bits per heavy atom. The second kappa shape index (κ2) is 4.37. The van der Waals surface area contributed by atoms with E-state index in [9.17, 15) is 13.6 Å². The predicted octanol–water partition coefficient (Wildman–Crippen LogP) is 1.02. The van der Waals surface area contributed by atoms with Crippen LogP contribution in [0.15, 0.2) is 18.3 Å². The lowest BCUT2D eigenvalue weighted by atomic mass is 10.2. The molecule has 4 nitrogen and oxygen atoms in total. The Kier molecular flexibility index (Phi) is 3.06. The number of alkyl halides is 2. The second-order valence-electron chi connectivity index (χ2n) is 4.23. The van der Waals surface area contributed by atoms with Gasteiger partial charge in [0.05, 0.1) is 6.54 Å². The molecule has 17 heavy (non-hydrogen) atoms. The maximum Gasteiger partial charge on any atom is 0.267 e. The normalized spacial score (nSPS) is 19.4. The van der Waals surface area contributed by atoms with E-state index in [2.05, 4.69) is 4.98 Å². The Labute approximate surface area is 97.4 Å². The van der Waals surface area contributed by atoms with Crippen LogP contribution in [0.25, 0.3) is 0 Å². The van der Waals surface area contributed by atoms with Gasteiger partial charge in [-0.1, -0.05) is 6.07 Å². The molecule has 1 amide bonds. The smallest absolute Gasteiger partial charge is 0.267 e. The summed E-state index contributed by atoms with van der Waals surface area (Å²) in [6.45, 7) is 0.580. The third-order valence-electron chi connectivity index (χ3n) is 2.73. The van der Waals surface area contributed by atoms with Crippen LogP contribution in [0.5, 0.6) is 0 Å². The van der Waals surface area contributed by atoms with Gasteiger partial charge >= 0.3 is 0 Å². The van der Waals surface area contributed by atoms with Gasteiger partial charge in [-0.3, -0.25) is 14.7 Å². The molecular formula is C11H13F2N3O. The van der Waals surface area contributed by atoms with E-state index in [-0.39, 0.29) is 18.7 Å². The van der Waals surface area contributed by atoms with Gasteiger partial charge in [0.1, 0.15) is 5.69 Å². The zero-order chi connectivity index (χ0) is 12.5. The number of rotatable bonds is 3. The van der Waals surface area contributed by atoms with Crippen molar-refractivity contribution in [2.75, 3.05) is 13.1 Å². The molecule has 1 aliphatic heterocycles. The SMILES string of the molecule is NC(=O)c1ccc(CN2CCC(F)(F)C2)cn1. The minimum Gasteiger partial charge on any atom is -0.364 e. The zero-order valence-corrected chi connectivity index (χ0v) is 9.20. The number of carbonyl (C=O) groups is 1. The molecule has 0 atom stereocenters. The molecule has 0 bridgehead atoms. The summed E-state index contributed by atoms with van der Waals surface area (Å²) in [5.41, 5.74) is 6.03. The van der Waals surface area contributed by atoms with Crippen LogP contribution in [0.2, 0.25) is 0 Å². The molecule has 0 aliphatic carbocycles. The molecule has 1 aromatic rings. The number of amides is 1. The number of pyridine rings is 1. The summed E-state index contributed by atoms with van der Waals surface area (Å²) in [6, 6.07) is 3.19. The fourth-order valence-corrected chi connectivity index (χ4v) is 1.86. The highest BCUT2D eigenvalue weighted by Crippen LogP contribution is 2.27. The lowest BCUT2D eigenvalue weighted by Crippen LogP contribution is -2.25. The highest BCUT2D eigenvalue weighted by molar-refractivity contribution is 5.90. The first-order chi connectivity index (χ1) is 7.96. The van der Waals surface area contributed by atoms with Crippen molar-refractivity contribution in [2.24, 2.45) is 5.73 Å². The summed E-state index contributed by atoms with van der Waals surface area (Å²) >= 11 is 0. The Bertz CT molecular complexity index is 419. The maximum absolute atomic E-state index is 12.9. The van der Waals surface area contributed by atoms with E-state index in [0.29, 0.717) is 13.1 Å². The molecular weight excluding hydrogens is 228 g/mol. The molecule has 0 radical (unpaired) electrons. The van der Waals surface area contributed by atoms with Gasteiger partial charge in [-0.15, -0.1) is 0 Å². The number of carbonyl (C=O) groups excluding carboxylic acids is 1. The van der Waals surface area contributed by atoms with E-state index in [1.807, 2.05) is 0 Å². The lowest BCUT2D eigenvalue weighted by molar-refractivity contribution is 0.0115. The molecule has 92 valence electrons. The number of hydrogen-bond acceptors (Lipinski definition) is 3. The van der Waals surface area contributed by atoms with Crippen molar-refractivity contribution in [2.45, 2.75) is 18.9 Å². The Morgan fingerprint density at radius 1 is 1.53 bits per heavy atom. The third-order valence-corrected chi connectivity index (χ3v) is 2.73. The number of nitrogens with two attached hydrogens (primary N) is 1. The largest absolute Gasteiger partial charge is 0.364 e. The molecule has 1 aliphatic rings. The molecule has 6 heteroatoms. The van der Waals surface area contributed by atoms with Crippen molar-refractivity contribution in [1.82, 2.24) is 9.88 Å². The Hall–Kier alpha value is -1.56. The van der Waals surface area contributed by atoms with Crippen LogP contribution in [0, 0.1) is 0 Å². The van der Waals surface area contributed by atoms with Crippen molar-refractivity contribution in [3.05, 3.63) is 29.6 Å². The minimum absolute atomic E-state index is 0.0974. The van der Waals surface area contributed by atoms with Gasteiger partial charge in [-0.25, -0.2) is 8.78 Å². The average molecular weight is 241 g/mol. The maximum atomic E-state index is 12.9. The molecule has 1 saturated heterocycles. The van der Waals surface area contributed by atoms with Gasteiger partial charge < -0.3 is 5.73 Å². The molecule has 1 aromatic heterocycles. The van der Waals surface area contributed by atoms with E-state index in [1.165, 1.54) is 12.3 Å². The number of primary amides is 1. The standard InChI is InChI=1S/C11H13F2N3O/c12-11(13)3-4-16(7-11)6-8-1-2-9(10(14)17)15-5-8/h1-2,5H,3-4,6-7H2,(H2,14,17). The van der Waals surface area contributed by atoms with Gasteiger partial charge in [0, 0.05) is 25.7 Å². The quantitative estimate of drug-likeness (QED) is 0.859. The molecule has 0 saturated carbocycles. The van der Waals surface area contributed by atoms with Crippen LogP contribution >= 0.6 is 0 Å². The van der Waals surface area contributed by atoms with Crippen LogP contribution in [-0.2, 0) is 6.54 Å². The fourth-order valence-electron chi connectivity index (χ4n) is 1.86. The molecule has 2 heterocycles. The molecule has 0 spiro atoms. The van der Waals surface area contributed by atoms with Gasteiger partial charge in [0.15, 0.2) is 0 Å². The Balaban J connectivity index is 1.98. The number of likely N-dealkylation sites (tertiary alicyclic amines) is 1. The third kappa shape index (κ3) is 2.97. The molecule has 0 aromatic carbocycles. The second-order valence-corrected chi connectivity index (χ2v) is 4.23. The molecule has 1 fully saturated rings. The average Bonchev–Trinajstić information content (AvgIpc) is 2.59.